The highest BCUT2D eigenvalue weighted by molar-refractivity contribution is 8.18. The van der Waals surface area contributed by atoms with Crippen LogP contribution in [0.15, 0.2) is 124 Å². The van der Waals surface area contributed by atoms with Crippen molar-refractivity contribution in [3.8, 4) is 22.7 Å². The van der Waals surface area contributed by atoms with Gasteiger partial charge in [-0.1, -0.05) is 24.3 Å². The van der Waals surface area contributed by atoms with Gasteiger partial charge in [-0.25, -0.2) is 23.1 Å². The first-order chi connectivity index (χ1) is 21.8. The Labute approximate surface area is 268 Å². The van der Waals surface area contributed by atoms with Gasteiger partial charge in [-0.3, -0.25) is 14.4 Å². The summed E-state index contributed by atoms with van der Waals surface area (Å²) in [5.74, 6) is 0.503. The van der Waals surface area contributed by atoms with Crippen molar-refractivity contribution in [1.29, 1.82) is 0 Å². The van der Waals surface area contributed by atoms with E-state index in [2.05, 4.69) is 21.3 Å². The van der Waals surface area contributed by atoms with Crippen molar-refractivity contribution in [3.63, 3.8) is 0 Å². The number of amidine groups is 1. The predicted octanol–water partition coefficient (Wildman–Crippen LogP) is 6.60. The maximum atomic E-state index is 13.6. The zero-order valence-corrected chi connectivity index (χ0v) is 26.3. The number of anilines is 1. The Morgan fingerprint density at radius 1 is 1.04 bits per heavy atom. The van der Waals surface area contributed by atoms with Crippen LogP contribution in [0.2, 0.25) is 0 Å². The van der Waals surface area contributed by atoms with E-state index in [9.17, 15) is 13.2 Å². The second-order valence-corrected chi connectivity index (χ2v) is 13.2. The second-order valence-electron chi connectivity index (χ2n) is 9.59. The van der Waals surface area contributed by atoms with Crippen molar-refractivity contribution in [3.05, 3.63) is 120 Å². The molecule has 226 valence electrons. The number of nitrogens with one attached hydrogen (secondary N) is 1. The zero-order valence-electron chi connectivity index (χ0n) is 23.9. The maximum Gasteiger partial charge on any atom is 0.267 e. The van der Waals surface area contributed by atoms with Crippen LogP contribution in [0.25, 0.3) is 23.0 Å². The molecule has 3 heterocycles. The average molecular weight is 655 g/mol. The highest BCUT2D eigenvalue weighted by Gasteiger charge is 2.33. The number of aliphatic imine (C=N–C) groups is 1. The fraction of sp³-hybridized carbons (Fsp3) is 0.0625. The molecule has 1 aliphatic heterocycles. The lowest BCUT2D eigenvalue weighted by Gasteiger charge is -2.12. The first kappa shape index (κ1) is 30.1. The molecular weight excluding hydrogens is 629 g/mol. The van der Waals surface area contributed by atoms with Crippen molar-refractivity contribution >= 4 is 61.1 Å². The molecule has 13 heteroatoms. The van der Waals surface area contributed by atoms with Gasteiger partial charge in [-0.15, -0.1) is 17.9 Å². The van der Waals surface area contributed by atoms with Crippen LogP contribution in [-0.2, 0) is 14.8 Å². The standard InChI is InChI=1S/C32H26N6O4S3/c1-3-18-37-30(39)28(44-32(37)34-24-11-15-27(16-12-24)45(40,41)36-31-33-17-19-43-31)20-23-21-38(25-7-5-4-6-8-25)35-29(23)22-9-13-26(42-2)14-10-22/h3-17,19-21H,1,18H2,2H3,(H,33,36)/b28-20+,34-32?. The minimum absolute atomic E-state index is 0.0711. The minimum Gasteiger partial charge on any atom is -0.497 e. The lowest BCUT2D eigenvalue weighted by atomic mass is 10.1. The molecule has 1 fully saturated rings. The van der Waals surface area contributed by atoms with Crippen molar-refractivity contribution in [1.82, 2.24) is 19.7 Å². The lowest BCUT2D eigenvalue weighted by Crippen LogP contribution is -2.29. The summed E-state index contributed by atoms with van der Waals surface area (Å²) in [7, 11) is -2.19. The molecule has 6 rings (SSSR count). The Morgan fingerprint density at radius 3 is 2.47 bits per heavy atom. The molecule has 1 aliphatic rings. The summed E-state index contributed by atoms with van der Waals surface area (Å²) >= 11 is 2.42. The van der Waals surface area contributed by atoms with Gasteiger partial charge in [0.15, 0.2) is 10.3 Å². The highest BCUT2D eigenvalue weighted by atomic mass is 32.2. The van der Waals surface area contributed by atoms with Crippen molar-refractivity contribution in [2.45, 2.75) is 4.90 Å². The summed E-state index contributed by atoms with van der Waals surface area (Å²) in [4.78, 5) is 24.3. The maximum absolute atomic E-state index is 13.6. The number of thiazole rings is 1. The van der Waals surface area contributed by atoms with Crippen LogP contribution in [0.5, 0.6) is 5.75 Å². The number of methoxy groups -OCH3 is 1. The summed E-state index contributed by atoms with van der Waals surface area (Å²) in [6.45, 7) is 4.05. The van der Waals surface area contributed by atoms with E-state index in [1.54, 1.807) is 35.4 Å². The van der Waals surface area contributed by atoms with Gasteiger partial charge >= 0.3 is 0 Å². The number of para-hydroxylation sites is 1. The van der Waals surface area contributed by atoms with E-state index in [0.29, 0.717) is 21.5 Å². The first-order valence-corrected chi connectivity index (χ1v) is 16.8. The molecule has 1 amide bonds. The van der Waals surface area contributed by atoms with Gasteiger partial charge in [0.05, 0.1) is 34.0 Å². The normalized spacial score (nSPS) is 15.1. The summed E-state index contributed by atoms with van der Waals surface area (Å²) in [6, 6.07) is 23.4. The van der Waals surface area contributed by atoms with E-state index in [4.69, 9.17) is 9.84 Å². The number of carbonyl (C=O) groups excluding carboxylic acids is 1. The number of rotatable bonds is 10. The van der Waals surface area contributed by atoms with E-state index in [1.807, 2.05) is 66.9 Å². The molecule has 10 nitrogen and oxygen atoms in total. The van der Waals surface area contributed by atoms with Gasteiger partial charge in [0.2, 0.25) is 0 Å². The Morgan fingerprint density at radius 2 is 1.80 bits per heavy atom. The Kier molecular flexibility index (Phi) is 8.65. The summed E-state index contributed by atoms with van der Waals surface area (Å²) in [5.41, 5.74) is 3.69. The third-order valence-electron chi connectivity index (χ3n) is 6.64. The fourth-order valence-corrected chi connectivity index (χ4v) is 7.25. The molecule has 0 atom stereocenters. The van der Waals surface area contributed by atoms with Gasteiger partial charge in [0, 0.05) is 35.4 Å². The predicted molar refractivity (Wildman–Crippen MR) is 179 cm³/mol. The number of amides is 1. The number of hydrogen-bond donors (Lipinski definition) is 1. The monoisotopic (exact) mass is 654 g/mol. The summed E-state index contributed by atoms with van der Waals surface area (Å²) in [5, 5.41) is 7.27. The molecule has 45 heavy (non-hydrogen) atoms. The van der Waals surface area contributed by atoms with Crippen LogP contribution < -0.4 is 9.46 Å². The smallest absolute Gasteiger partial charge is 0.267 e. The molecule has 0 saturated carbocycles. The molecule has 0 bridgehead atoms. The minimum atomic E-state index is -3.81. The molecule has 5 aromatic rings. The lowest BCUT2D eigenvalue weighted by molar-refractivity contribution is -0.121. The van der Waals surface area contributed by atoms with E-state index in [0.717, 1.165) is 22.6 Å². The van der Waals surface area contributed by atoms with Crippen LogP contribution in [0.4, 0.5) is 10.8 Å². The third kappa shape index (κ3) is 6.60. The largest absolute Gasteiger partial charge is 0.497 e. The quantitative estimate of drug-likeness (QED) is 0.133. The SMILES string of the molecule is C=CCN1C(=O)/C(=C\c2cn(-c3ccccc3)nc2-c2ccc(OC)cc2)SC1=Nc1ccc(S(=O)(=O)Nc2nccs2)cc1. The first-order valence-electron chi connectivity index (χ1n) is 13.6. The Bertz CT molecular complexity index is 2000. The number of thioether (sulfide) groups is 1. The molecule has 0 spiro atoms. The van der Waals surface area contributed by atoms with E-state index < -0.39 is 10.0 Å². The highest BCUT2D eigenvalue weighted by Crippen LogP contribution is 2.36. The van der Waals surface area contributed by atoms with Crippen LogP contribution in [0.3, 0.4) is 0 Å². The molecular formula is C32H26N6O4S3. The zero-order chi connectivity index (χ0) is 31.4. The van der Waals surface area contributed by atoms with Crippen LogP contribution in [-0.4, -0.2) is 52.8 Å². The second kappa shape index (κ2) is 12.9. The molecule has 1 saturated heterocycles. The molecule has 0 radical (unpaired) electrons. The van der Waals surface area contributed by atoms with Gasteiger partial charge in [-0.05, 0) is 78.5 Å². The number of sulfonamides is 1. The van der Waals surface area contributed by atoms with E-state index >= 15 is 0 Å². The third-order valence-corrected chi connectivity index (χ3v) is 9.82. The Balaban J connectivity index is 1.33. The number of benzene rings is 3. The van der Waals surface area contributed by atoms with Crippen LogP contribution >= 0.6 is 23.1 Å². The van der Waals surface area contributed by atoms with Gasteiger partial charge in [0.25, 0.3) is 15.9 Å². The number of aromatic nitrogens is 3. The van der Waals surface area contributed by atoms with Crippen molar-refractivity contribution < 1.29 is 17.9 Å². The van der Waals surface area contributed by atoms with Crippen molar-refractivity contribution in [2.24, 2.45) is 4.99 Å². The molecule has 0 aliphatic carbocycles. The number of nitrogens with zero attached hydrogens (tertiary/aromatic N) is 5. The van der Waals surface area contributed by atoms with Gasteiger partial charge in [-0.2, -0.15) is 5.10 Å². The number of ether oxygens (including phenoxy) is 1. The molecule has 1 N–H and O–H groups in total. The summed E-state index contributed by atoms with van der Waals surface area (Å²) in [6.07, 6.45) is 6.86. The van der Waals surface area contributed by atoms with Crippen LogP contribution in [0, 0.1) is 0 Å². The van der Waals surface area contributed by atoms with Crippen LogP contribution in [0.1, 0.15) is 5.56 Å². The number of hydrogen-bond acceptors (Lipinski definition) is 9. The van der Waals surface area contributed by atoms with E-state index in [1.165, 1.54) is 46.3 Å². The topological polar surface area (TPSA) is 119 Å². The molecule has 2 aromatic heterocycles. The van der Waals surface area contributed by atoms with Crippen molar-refractivity contribution in [2.75, 3.05) is 18.4 Å². The fourth-order valence-electron chi connectivity index (χ4n) is 4.46. The Hall–Kier alpha value is -4.98. The van der Waals surface area contributed by atoms with Gasteiger partial charge in [0.1, 0.15) is 5.75 Å². The summed E-state index contributed by atoms with van der Waals surface area (Å²) < 4.78 is 35.0. The average Bonchev–Trinajstić information content (AvgIpc) is 3.79. The van der Waals surface area contributed by atoms with E-state index in [-0.39, 0.29) is 22.5 Å². The number of carbonyl (C=O) groups is 1. The molecule has 0 unspecified atom stereocenters. The molecule has 3 aromatic carbocycles. The van der Waals surface area contributed by atoms with Gasteiger partial charge < -0.3 is 4.74 Å².